The molecule has 2 aliphatic rings. The summed E-state index contributed by atoms with van der Waals surface area (Å²) in [6.07, 6.45) is 10.0. The third-order valence-corrected chi connectivity index (χ3v) is 6.93. The van der Waals surface area contributed by atoms with Gasteiger partial charge in [0.2, 0.25) is 0 Å². The van der Waals surface area contributed by atoms with E-state index in [2.05, 4.69) is 6.07 Å². The normalized spacial score (nSPS) is 21.6. The molecule has 26 heavy (non-hydrogen) atoms. The lowest BCUT2D eigenvalue weighted by atomic mass is 10.00. The molecule has 1 atom stereocenters. The summed E-state index contributed by atoms with van der Waals surface area (Å²) < 4.78 is 0. The fourth-order valence-corrected chi connectivity index (χ4v) is 5.39. The minimum Gasteiger partial charge on any atom is -0.480 e. The average Bonchev–Trinajstić information content (AvgIpc) is 2.81. The first-order valence-corrected chi connectivity index (χ1v) is 10.7. The molecule has 1 unspecified atom stereocenters. The Labute approximate surface area is 160 Å². The highest BCUT2D eigenvalue weighted by Gasteiger charge is 2.26. The number of hydrogen-bond acceptors (Lipinski definition) is 4. The molecule has 1 N–H and O–H groups in total. The van der Waals surface area contributed by atoms with Crippen LogP contribution in [0.5, 0.6) is 0 Å². The maximum absolute atomic E-state index is 13.0. The van der Waals surface area contributed by atoms with Crippen molar-refractivity contribution in [1.29, 1.82) is 0 Å². The Bertz CT molecular complexity index is 618. The molecule has 0 saturated carbocycles. The smallest absolute Gasteiger partial charge is 0.317 e. The summed E-state index contributed by atoms with van der Waals surface area (Å²) >= 11 is 1.70. The largest absolute Gasteiger partial charge is 0.480 e. The Morgan fingerprint density at radius 2 is 1.92 bits per heavy atom. The van der Waals surface area contributed by atoms with Crippen molar-refractivity contribution < 1.29 is 14.7 Å². The molecule has 0 spiro atoms. The summed E-state index contributed by atoms with van der Waals surface area (Å²) in [5.41, 5.74) is 1.40. The van der Waals surface area contributed by atoms with Crippen molar-refractivity contribution in [2.45, 2.75) is 63.8 Å². The quantitative estimate of drug-likeness (QED) is 0.872. The SMILES string of the molecule is CN(CC(=O)O)C1CCCN(C(=O)c2cc3c(s2)CCCCCC3)CC1. The first-order valence-electron chi connectivity index (χ1n) is 9.87. The van der Waals surface area contributed by atoms with Gasteiger partial charge in [0, 0.05) is 24.0 Å². The van der Waals surface area contributed by atoms with Crippen LogP contribution in [0.15, 0.2) is 6.07 Å². The van der Waals surface area contributed by atoms with Gasteiger partial charge < -0.3 is 10.0 Å². The standard InChI is InChI=1S/C20H30N2O3S/c1-21(14-19(23)24)16-8-6-11-22(12-10-16)20(25)18-13-15-7-4-2-3-5-9-17(15)26-18/h13,16H,2-12,14H2,1H3,(H,23,24). The number of carboxylic acid groups (broad SMARTS) is 1. The number of rotatable bonds is 4. The van der Waals surface area contributed by atoms with E-state index in [9.17, 15) is 9.59 Å². The molecule has 144 valence electrons. The number of aliphatic carboxylic acids is 1. The van der Waals surface area contributed by atoms with Crippen LogP contribution in [-0.2, 0) is 17.6 Å². The lowest BCUT2D eigenvalue weighted by Crippen LogP contribution is -2.37. The van der Waals surface area contributed by atoms with E-state index < -0.39 is 5.97 Å². The predicted molar refractivity (Wildman–Crippen MR) is 104 cm³/mol. The number of likely N-dealkylation sites (tertiary alicyclic amines) is 1. The Morgan fingerprint density at radius 3 is 2.69 bits per heavy atom. The van der Waals surface area contributed by atoms with Gasteiger partial charge in [-0.1, -0.05) is 12.8 Å². The predicted octanol–water partition coefficient (Wildman–Crippen LogP) is 3.42. The number of nitrogens with zero attached hydrogens (tertiary/aromatic N) is 2. The summed E-state index contributed by atoms with van der Waals surface area (Å²) in [7, 11) is 1.87. The molecule has 2 heterocycles. The zero-order chi connectivity index (χ0) is 18.5. The van der Waals surface area contributed by atoms with E-state index in [1.54, 1.807) is 11.3 Å². The number of carbonyl (C=O) groups excluding carboxylic acids is 1. The van der Waals surface area contributed by atoms with E-state index in [1.165, 1.54) is 36.1 Å². The second kappa shape index (κ2) is 9.00. The maximum atomic E-state index is 13.0. The monoisotopic (exact) mass is 378 g/mol. The number of thiophene rings is 1. The van der Waals surface area contributed by atoms with Crippen LogP contribution in [0.1, 0.15) is 65.1 Å². The third kappa shape index (κ3) is 4.86. The van der Waals surface area contributed by atoms with E-state index >= 15 is 0 Å². The average molecular weight is 379 g/mol. The van der Waals surface area contributed by atoms with E-state index in [-0.39, 0.29) is 18.5 Å². The highest BCUT2D eigenvalue weighted by atomic mass is 32.1. The van der Waals surface area contributed by atoms with Gasteiger partial charge >= 0.3 is 5.97 Å². The summed E-state index contributed by atoms with van der Waals surface area (Å²) in [6.45, 7) is 1.56. The van der Waals surface area contributed by atoms with Gasteiger partial charge in [-0.05, 0) is 63.6 Å². The minimum atomic E-state index is -0.791. The van der Waals surface area contributed by atoms with Crippen molar-refractivity contribution in [3.63, 3.8) is 0 Å². The van der Waals surface area contributed by atoms with Gasteiger partial charge in [-0.2, -0.15) is 0 Å². The van der Waals surface area contributed by atoms with Gasteiger partial charge in [0.1, 0.15) is 0 Å². The van der Waals surface area contributed by atoms with Crippen molar-refractivity contribution in [3.05, 3.63) is 21.4 Å². The molecular formula is C20H30N2O3S. The number of carbonyl (C=O) groups is 2. The van der Waals surface area contributed by atoms with Crippen molar-refractivity contribution in [1.82, 2.24) is 9.80 Å². The number of amides is 1. The first kappa shape index (κ1) is 19.4. The minimum absolute atomic E-state index is 0.0657. The third-order valence-electron chi connectivity index (χ3n) is 5.70. The summed E-state index contributed by atoms with van der Waals surface area (Å²) in [4.78, 5) is 30.2. The zero-order valence-electron chi connectivity index (χ0n) is 15.7. The Hall–Kier alpha value is -1.40. The van der Waals surface area contributed by atoms with Crippen molar-refractivity contribution in [2.24, 2.45) is 0 Å². The molecule has 1 aromatic rings. The Balaban J connectivity index is 1.63. The topological polar surface area (TPSA) is 60.9 Å². The molecule has 0 radical (unpaired) electrons. The molecule has 0 bridgehead atoms. The van der Waals surface area contributed by atoms with Gasteiger partial charge in [-0.25, -0.2) is 0 Å². The van der Waals surface area contributed by atoms with E-state index in [4.69, 9.17) is 5.11 Å². The highest BCUT2D eigenvalue weighted by Crippen LogP contribution is 2.30. The fraction of sp³-hybridized carbons (Fsp3) is 0.700. The molecule has 1 fully saturated rings. The van der Waals surface area contributed by atoms with Gasteiger partial charge in [0.15, 0.2) is 0 Å². The van der Waals surface area contributed by atoms with Gasteiger partial charge in [0.05, 0.1) is 11.4 Å². The lowest BCUT2D eigenvalue weighted by Gasteiger charge is -2.25. The Kier molecular flexibility index (Phi) is 6.70. The van der Waals surface area contributed by atoms with E-state index in [0.717, 1.165) is 50.1 Å². The van der Waals surface area contributed by atoms with Gasteiger partial charge in [-0.15, -0.1) is 11.3 Å². The van der Waals surface area contributed by atoms with Crippen LogP contribution in [0, 0.1) is 0 Å². The zero-order valence-corrected chi connectivity index (χ0v) is 16.5. The molecule has 1 aliphatic heterocycles. The van der Waals surface area contributed by atoms with E-state index in [1.807, 2.05) is 16.8 Å². The van der Waals surface area contributed by atoms with Crippen LogP contribution in [0.25, 0.3) is 0 Å². The molecule has 5 nitrogen and oxygen atoms in total. The molecule has 6 heteroatoms. The Morgan fingerprint density at radius 1 is 1.15 bits per heavy atom. The van der Waals surface area contributed by atoms with Crippen LogP contribution in [-0.4, -0.2) is 59.5 Å². The maximum Gasteiger partial charge on any atom is 0.317 e. The van der Waals surface area contributed by atoms with Crippen molar-refractivity contribution >= 4 is 23.2 Å². The van der Waals surface area contributed by atoms with Crippen molar-refractivity contribution in [3.8, 4) is 0 Å². The molecule has 1 amide bonds. The molecular weight excluding hydrogens is 348 g/mol. The molecule has 0 aromatic carbocycles. The molecule has 3 rings (SSSR count). The van der Waals surface area contributed by atoms with Crippen LogP contribution >= 0.6 is 11.3 Å². The molecule has 1 aliphatic carbocycles. The molecule has 1 saturated heterocycles. The number of carboxylic acids is 1. The molecule has 1 aromatic heterocycles. The number of aryl methyl sites for hydroxylation is 2. The summed E-state index contributed by atoms with van der Waals surface area (Å²) in [5, 5.41) is 8.99. The highest BCUT2D eigenvalue weighted by molar-refractivity contribution is 7.14. The summed E-state index contributed by atoms with van der Waals surface area (Å²) in [6, 6.07) is 2.39. The van der Waals surface area contributed by atoms with Gasteiger partial charge in [-0.3, -0.25) is 14.5 Å². The number of hydrogen-bond donors (Lipinski definition) is 1. The second-order valence-corrected chi connectivity index (χ2v) is 8.80. The number of likely N-dealkylation sites (N-methyl/N-ethyl adjacent to an activating group) is 1. The summed E-state index contributed by atoms with van der Waals surface area (Å²) in [5.74, 6) is -0.621. The van der Waals surface area contributed by atoms with Crippen LogP contribution in [0.2, 0.25) is 0 Å². The fourth-order valence-electron chi connectivity index (χ4n) is 4.17. The second-order valence-electron chi connectivity index (χ2n) is 7.66. The van der Waals surface area contributed by atoms with E-state index in [0.29, 0.717) is 0 Å². The van der Waals surface area contributed by atoms with Crippen LogP contribution in [0.4, 0.5) is 0 Å². The first-order chi connectivity index (χ1) is 12.5. The van der Waals surface area contributed by atoms with Crippen molar-refractivity contribution in [2.75, 3.05) is 26.7 Å². The lowest BCUT2D eigenvalue weighted by molar-refractivity contribution is -0.138. The van der Waals surface area contributed by atoms with Crippen LogP contribution < -0.4 is 0 Å². The van der Waals surface area contributed by atoms with Crippen LogP contribution in [0.3, 0.4) is 0 Å². The van der Waals surface area contributed by atoms with Gasteiger partial charge in [0.25, 0.3) is 5.91 Å². The number of fused-ring (bicyclic) bond motifs is 1.